The van der Waals surface area contributed by atoms with Crippen LogP contribution in [0.4, 0.5) is 4.39 Å². The summed E-state index contributed by atoms with van der Waals surface area (Å²) >= 11 is 0. The number of carbonyl (C=O) groups excluding carboxylic acids is 1. The molecule has 0 spiro atoms. The Kier molecular flexibility index (Phi) is 6.45. The number of carbonyl (C=O) groups is 1. The van der Waals surface area contributed by atoms with Crippen LogP contribution in [0, 0.1) is 5.82 Å². The van der Waals surface area contributed by atoms with Crippen molar-refractivity contribution < 1.29 is 13.9 Å². The molecule has 0 saturated heterocycles. The topological polar surface area (TPSA) is 64.3 Å². The fourth-order valence-corrected chi connectivity index (χ4v) is 1.97. The van der Waals surface area contributed by atoms with Gasteiger partial charge in [0.05, 0.1) is 0 Å². The molecule has 0 radical (unpaired) electrons. The van der Waals surface area contributed by atoms with Gasteiger partial charge in [0.1, 0.15) is 11.6 Å². The lowest BCUT2D eigenvalue weighted by Gasteiger charge is -2.16. The summed E-state index contributed by atoms with van der Waals surface area (Å²) in [5.41, 5.74) is 6.32. The summed E-state index contributed by atoms with van der Waals surface area (Å²) in [5, 5.41) is 2.84. The fraction of sp³-hybridized carbons (Fsp3) is 0.533. The third-order valence-electron chi connectivity index (χ3n) is 2.95. The van der Waals surface area contributed by atoms with E-state index in [1.165, 1.54) is 18.2 Å². The number of amides is 1. The number of nitrogens with one attached hydrogen (secondary N) is 1. The number of hydrogen-bond donors (Lipinski definition) is 2. The van der Waals surface area contributed by atoms with Gasteiger partial charge in [-0.25, -0.2) is 4.39 Å². The van der Waals surface area contributed by atoms with Crippen LogP contribution in [0.2, 0.25) is 0 Å². The second kappa shape index (κ2) is 7.85. The molecule has 0 saturated carbocycles. The number of benzene rings is 1. The Balaban J connectivity index is 2.59. The molecule has 4 nitrogen and oxygen atoms in total. The third kappa shape index (κ3) is 5.17. The minimum atomic E-state index is -0.370. The van der Waals surface area contributed by atoms with Gasteiger partial charge >= 0.3 is 0 Å². The molecule has 0 aromatic heterocycles. The average molecular weight is 282 g/mol. The van der Waals surface area contributed by atoms with E-state index in [1.807, 2.05) is 6.92 Å². The first-order valence-electron chi connectivity index (χ1n) is 6.91. The van der Waals surface area contributed by atoms with Gasteiger partial charge in [-0.1, -0.05) is 13.3 Å². The summed E-state index contributed by atoms with van der Waals surface area (Å²) in [6, 6.07) is 3.88. The lowest BCUT2D eigenvalue weighted by atomic mass is 10.1. The molecular formula is C15H23FN2O2. The molecule has 1 aromatic carbocycles. The molecule has 1 amide bonds. The first kappa shape index (κ1) is 16.4. The van der Waals surface area contributed by atoms with Gasteiger partial charge in [-0.2, -0.15) is 0 Å². The first-order chi connectivity index (χ1) is 9.43. The van der Waals surface area contributed by atoms with Crippen molar-refractivity contribution in [3.8, 4) is 5.75 Å². The van der Waals surface area contributed by atoms with E-state index in [4.69, 9.17) is 10.5 Å². The number of hydrogen-bond acceptors (Lipinski definition) is 3. The van der Waals surface area contributed by atoms with Gasteiger partial charge in [0, 0.05) is 17.6 Å². The van der Waals surface area contributed by atoms with Gasteiger partial charge < -0.3 is 15.8 Å². The summed E-state index contributed by atoms with van der Waals surface area (Å²) < 4.78 is 18.6. The number of rotatable bonds is 7. The van der Waals surface area contributed by atoms with Crippen LogP contribution in [0.25, 0.3) is 0 Å². The minimum absolute atomic E-state index is 0.0978. The van der Waals surface area contributed by atoms with Gasteiger partial charge in [-0.15, -0.1) is 0 Å². The maximum atomic E-state index is 13.2. The van der Waals surface area contributed by atoms with Crippen molar-refractivity contribution >= 4 is 5.91 Å². The number of ether oxygens (including phenoxy) is 1. The minimum Gasteiger partial charge on any atom is -0.483 e. The smallest absolute Gasteiger partial charge is 0.258 e. The predicted molar refractivity (Wildman–Crippen MR) is 77.0 cm³/mol. The molecule has 2 atom stereocenters. The Labute approximate surface area is 119 Å². The van der Waals surface area contributed by atoms with E-state index in [1.54, 1.807) is 6.92 Å². The Morgan fingerprint density at radius 3 is 2.75 bits per heavy atom. The van der Waals surface area contributed by atoms with Crippen LogP contribution >= 0.6 is 0 Å². The molecule has 1 unspecified atom stereocenters. The quantitative estimate of drug-likeness (QED) is 0.807. The average Bonchev–Trinajstić information content (AvgIpc) is 2.37. The van der Waals surface area contributed by atoms with E-state index < -0.39 is 0 Å². The number of nitrogens with two attached hydrogens (primary N) is 1. The molecule has 0 fully saturated rings. The van der Waals surface area contributed by atoms with Crippen molar-refractivity contribution in [1.29, 1.82) is 0 Å². The zero-order chi connectivity index (χ0) is 15.1. The van der Waals surface area contributed by atoms with E-state index in [0.717, 1.165) is 12.8 Å². The Hall–Kier alpha value is -1.62. The molecule has 0 bridgehead atoms. The molecule has 5 heteroatoms. The van der Waals surface area contributed by atoms with E-state index >= 15 is 0 Å². The van der Waals surface area contributed by atoms with Crippen molar-refractivity contribution in [3.05, 3.63) is 29.6 Å². The van der Waals surface area contributed by atoms with Gasteiger partial charge in [-0.3, -0.25) is 4.79 Å². The Morgan fingerprint density at radius 1 is 1.45 bits per heavy atom. The van der Waals surface area contributed by atoms with Crippen molar-refractivity contribution in [2.24, 2.45) is 5.73 Å². The second-order valence-corrected chi connectivity index (χ2v) is 5.02. The van der Waals surface area contributed by atoms with Gasteiger partial charge in [-0.05, 0) is 38.5 Å². The van der Waals surface area contributed by atoms with Crippen molar-refractivity contribution in [3.63, 3.8) is 0 Å². The molecule has 112 valence electrons. The summed E-state index contributed by atoms with van der Waals surface area (Å²) in [7, 11) is 0. The molecule has 0 aliphatic rings. The molecule has 0 heterocycles. The highest BCUT2D eigenvalue weighted by Gasteiger charge is 2.12. The van der Waals surface area contributed by atoms with Crippen LogP contribution in [-0.4, -0.2) is 18.6 Å². The predicted octanol–water partition coefficient (Wildman–Crippen LogP) is 2.53. The first-order valence-corrected chi connectivity index (χ1v) is 6.91. The maximum absolute atomic E-state index is 13.2. The highest BCUT2D eigenvalue weighted by molar-refractivity contribution is 5.77. The van der Waals surface area contributed by atoms with E-state index in [9.17, 15) is 9.18 Å². The Bertz CT molecular complexity index is 449. The molecule has 0 aliphatic carbocycles. The second-order valence-electron chi connectivity index (χ2n) is 5.02. The lowest BCUT2D eigenvalue weighted by molar-refractivity contribution is -0.123. The van der Waals surface area contributed by atoms with Gasteiger partial charge in [0.15, 0.2) is 6.61 Å². The van der Waals surface area contributed by atoms with Gasteiger partial charge in [0.25, 0.3) is 5.91 Å². The summed E-state index contributed by atoms with van der Waals surface area (Å²) in [4.78, 5) is 11.7. The van der Waals surface area contributed by atoms with Crippen LogP contribution in [0.5, 0.6) is 5.75 Å². The SMILES string of the molecule is CCCC(C)NC(=O)COc1ccc(F)cc1[C@H](C)N. The highest BCUT2D eigenvalue weighted by atomic mass is 19.1. The van der Waals surface area contributed by atoms with E-state index in [2.05, 4.69) is 12.2 Å². The standard InChI is InChI=1S/C15H23FN2O2/c1-4-5-10(2)18-15(19)9-20-14-7-6-12(16)8-13(14)11(3)17/h6-8,10-11H,4-5,9,17H2,1-3H3,(H,18,19)/t10?,11-/m0/s1. The lowest BCUT2D eigenvalue weighted by Crippen LogP contribution is -2.36. The normalized spacial score (nSPS) is 13.7. The molecule has 0 aliphatic heterocycles. The van der Waals surface area contributed by atoms with Crippen molar-refractivity contribution in [2.45, 2.75) is 45.7 Å². The van der Waals surface area contributed by atoms with Crippen molar-refractivity contribution in [1.82, 2.24) is 5.32 Å². The van der Waals surface area contributed by atoms with Crippen LogP contribution in [0.15, 0.2) is 18.2 Å². The summed E-state index contributed by atoms with van der Waals surface area (Å²) in [5.74, 6) is -0.115. The van der Waals surface area contributed by atoms with E-state index in [0.29, 0.717) is 11.3 Å². The summed E-state index contributed by atoms with van der Waals surface area (Å²) in [6.07, 6.45) is 1.93. The van der Waals surface area contributed by atoms with Crippen LogP contribution < -0.4 is 15.8 Å². The van der Waals surface area contributed by atoms with Crippen molar-refractivity contribution in [2.75, 3.05) is 6.61 Å². The number of halogens is 1. The van der Waals surface area contributed by atoms with Crippen LogP contribution in [0.1, 0.15) is 45.2 Å². The Morgan fingerprint density at radius 2 is 2.15 bits per heavy atom. The molecule has 1 rings (SSSR count). The monoisotopic (exact) mass is 282 g/mol. The highest BCUT2D eigenvalue weighted by Crippen LogP contribution is 2.24. The zero-order valence-electron chi connectivity index (χ0n) is 12.3. The van der Waals surface area contributed by atoms with E-state index in [-0.39, 0.29) is 30.4 Å². The third-order valence-corrected chi connectivity index (χ3v) is 2.95. The molecular weight excluding hydrogens is 259 g/mol. The largest absolute Gasteiger partial charge is 0.483 e. The van der Waals surface area contributed by atoms with Crippen LogP contribution in [-0.2, 0) is 4.79 Å². The maximum Gasteiger partial charge on any atom is 0.258 e. The fourth-order valence-electron chi connectivity index (χ4n) is 1.97. The molecule has 1 aromatic rings. The molecule has 20 heavy (non-hydrogen) atoms. The molecule has 3 N–H and O–H groups in total. The van der Waals surface area contributed by atoms with Crippen LogP contribution in [0.3, 0.4) is 0 Å². The summed E-state index contributed by atoms with van der Waals surface area (Å²) in [6.45, 7) is 5.66. The zero-order valence-corrected chi connectivity index (χ0v) is 12.3. The van der Waals surface area contributed by atoms with Gasteiger partial charge in [0.2, 0.25) is 0 Å².